The third-order valence-electron chi connectivity index (χ3n) is 3.01. The Hall–Kier alpha value is -0.660. The minimum Gasteiger partial charge on any atom is -0.480 e. The molecule has 0 aromatic carbocycles. The van der Waals surface area contributed by atoms with Crippen LogP contribution < -0.4 is 9.44 Å². The summed E-state index contributed by atoms with van der Waals surface area (Å²) in [6, 6.07) is 0. The largest absolute Gasteiger partial charge is 0.480 e. The molecule has 1 saturated carbocycles. The molecule has 0 heterocycles. The molecule has 0 aromatic rings. The smallest absolute Gasteiger partial charge is 0.324 e. The first-order valence-electron chi connectivity index (χ1n) is 5.27. The predicted molar refractivity (Wildman–Crippen MR) is 59.1 cm³/mol. The number of carboxylic acid groups (broad SMARTS) is 1. The number of aliphatic carboxylic acids is 1. The molecule has 2 atom stereocenters. The van der Waals surface area contributed by atoms with Crippen LogP contribution in [0.5, 0.6) is 0 Å². The highest BCUT2D eigenvalue weighted by Gasteiger charge is 2.44. The third-order valence-corrected chi connectivity index (χ3v) is 4.20. The van der Waals surface area contributed by atoms with Crippen LogP contribution in [0.25, 0.3) is 0 Å². The lowest BCUT2D eigenvalue weighted by molar-refractivity contribution is -0.146. The van der Waals surface area contributed by atoms with Gasteiger partial charge in [-0.3, -0.25) is 4.79 Å². The van der Waals surface area contributed by atoms with E-state index in [1.165, 1.54) is 7.05 Å². The van der Waals surface area contributed by atoms with Crippen LogP contribution in [0, 0.1) is 5.92 Å². The van der Waals surface area contributed by atoms with Crippen molar-refractivity contribution < 1.29 is 18.3 Å². The molecule has 0 radical (unpaired) electrons. The molecule has 0 amide bonds. The van der Waals surface area contributed by atoms with Crippen molar-refractivity contribution in [2.75, 3.05) is 7.05 Å². The first kappa shape index (κ1) is 13.4. The highest BCUT2D eigenvalue weighted by atomic mass is 32.2. The van der Waals surface area contributed by atoms with Crippen molar-refractivity contribution in [1.82, 2.24) is 9.44 Å². The summed E-state index contributed by atoms with van der Waals surface area (Å²) in [6.45, 7) is 1.94. The molecule has 0 saturated heterocycles. The monoisotopic (exact) mass is 250 g/mol. The van der Waals surface area contributed by atoms with Gasteiger partial charge in [0.25, 0.3) is 10.2 Å². The molecule has 16 heavy (non-hydrogen) atoms. The van der Waals surface area contributed by atoms with E-state index in [1.807, 2.05) is 6.92 Å². The van der Waals surface area contributed by atoms with Crippen LogP contribution in [0.4, 0.5) is 0 Å². The molecule has 3 N–H and O–H groups in total. The van der Waals surface area contributed by atoms with Gasteiger partial charge in [-0.25, -0.2) is 4.72 Å². The van der Waals surface area contributed by atoms with Crippen LogP contribution in [-0.4, -0.2) is 32.1 Å². The maximum Gasteiger partial charge on any atom is 0.324 e. The van der Waals surface area contributed by atoms with E-state index in [1.54, 1.807) is 0 Å². The summed E-state index contributed by atoms with van der Waals surface area (Å²) < 4.78 is 27.1. The number of carboxylic acids is 1. The second-order valence-electron chi connectivity index (χ2n) is 4.40. The Morgan fingerprint density at radius 1 is 1.50 bits per heavy atom. The maximum atomic E-state index is 11.4. The van der Waals surface area contributed by atoms with Gasteiger partial charge in [0.15, 0.2) is 0 Å². The molecule has 1 fully saturated rings. The normalized spacial score (nSPS) is 31.2. The molecule has 0 bridgehead atoms. The van der Waals surface area contributed by atoms with Crippen molar-refractivity contribution in [2.45, 2.75) is 38.1 Å². The summed E-state index contributed by atoms with van der Waals surface area (Å²) in [5.74, 6) is -0.887. The van der Waals surface area contributed by atoms with Crippen LogP contribution in [0.3, 0.4) is 0 Å². The molecule has 94 valence electrons. The first-order chi connectivity index (χ1) is 7.31. The Balaban J connectivity index is 2.93. The zero-order valence-corrected chi connectivity index (χ0v) is 10.3. The molecule has 6 nitrogen and oxygen atoms in total. The second kappa shape index (κ2) is 4.68. The third kappa shape index (κ3) is 2.93. The van der Waals surface area contributed by atoms with Crippen LogP contribution in [-0.2, 0) is 15.0 Å². The molecule has 1 aliphatic carbocycles. The van der Waals surface area contributed by atoms with Crippen LogP contribution in [0.1, 0.15) is 32.6 Å². The van der Waals surface area contributed by atoms with E-state index in [0.29, 0.717) is 12.8 Å². The van der Waals surface area contributed by atoms with Gasteiger partial charge in [0.2, 0.25) is 0 Å². The number of rotatable bonds is 4. The van der Waals surface area contributed by atoms with Gasteiger partial charge < -0.3 is 5.11 Å². The highest BCUT2D eigenvalue weighted by molar-refractivity contribution is 7.87. The number of carbonyl (C=O) groups is 1. The van der Waals surface area contributed by atoms with E-state index in [4.69, 9.17) is 0 Å². The summed E-state index contributed by atoms with van der Waals surface area (Å²) in [4.78, 5) is 11.3. The fourth-order valence-electron chi connectivity index (χ4n) is 2.19. The van der Waals surface area contributed by atoms with E-state index < -0.39 is 21.7 Å². The van der Waals surface area contributed by atoms with Gasteiger partial charge in [-0.15, -0.1) is 0 Å². The van der Waals surface area contributed by atoms with E-state index in [0.717, 1.165) is 12.8 Å². The fourth-order valence-corrected chi connectivity index (χ4v) is 3.08. The lowest BCUT2D eigenvalue weighted by atomic mass is 9.77. The van der Waals surface area contributed by atoms with Gasteiger partial charge in [-0.1, -0.05) is 19.8 Å². The van der Waals surface area contributed by atoms with E-state index in [-0.39, 0.29) is 5.92 Å². The van der Waals surface area contributed by atoms with Crippen LogP contribution in [0.15, 0.2) is 0 Å². The van der Waals surface area contributed by atoms with E-state index in [9.17, 15) is 18.3 Å². The van der Waals surface area contributed by atoms with Gasteiger partial charge in [0.1, 0.15) is 5.54 Å². The topological polar surface area (TPSA) is 95.5 Å². The van der Waals surface area contributed by atoms with Crippen molar-refractivity contribution in [1.29, 1.82) is 0 Å². The van der Waals surface area contributed by atoms with Crippen molar-refractivity contribution in [3.8, 4) is 0 Å². The predicted octanol–water partition coefficient (Wildman–Crippen LogP) is 0.0737. The molecule has 7 heteroatoms. The van der Waals surface area contributed by atoms with E-state index in [2.05, 4.69) is 9.44 Å². The fraction of sp³-hybridized carbons (Fsp3) is 0.889. The van der Waals surface area contributed by atoms with Crippen LogP contribution in [0.2, 0.25) is 0 Å². The SMILES string of the molecule is CNS(=O)(=O)NC1(C(=O)O)CCCC(C)C1. The molecule has 0 aromatic heterocycles. The average molecular weight is 250 g/mol. The summed E-state index contributed by atoms with van der Waals surface area (Å²) in [6.07, 6.45) is 2.34. The molecular weight excluding hydrogens is 232 g/mol. The lowest BCUT2D eigenvalue weighted by Gasteiger charge is -2.36. The summed E-state index contributed by atoms with van der Waals surface area (Å²) >= 11 is 0. The summed E-state index contributed by atoms with van der Waals surface area (Å²) in [5, 5.41) is 9.21. The molecule has 0 spiro atoms. The molecule has 0 aliphatic heterocycles. The average Bonchev–Trinajstić information content (AvgIpc) is 2.17. The van der Waals surface area contributed by atoms with Crippen molar-refractivity contribution in [2.24, 2.45) is 5.92 Å². The zero-order chi connectivity index (χ0) is 12.4. The molecular formula is C9H18N2O4S. The summed E-state index contributed by atoms with van der Waals surface area (Å²) in [7, 11) is -2.47. The number of hydrogen-bond acceptors (Lipinski definition) is 3. The van der Waals surface area contributed by atoms with Gasteiger partial charge in [0.05, 0.1) is 0 Å². The summed E-state index contributed by atoms with van der Waals surface area (Å²) in [5.41, 5.74) is -1.35. The Labute approximate surface area is 95.6 Å². The molecule has 1 aliphatic rings. The van der Waals surface area contributed by atoms with Gasteiger partial charge in [-0.2, -0.15) is 13.1 Å². The van der Waals surface area contributed by atoms with Gasteiger partial charge in [-0.05, 0) is 18.8 Å². The Bertz CT molecular complexity index is 368. The van der Waals surface area contributed by atoms with E-state index >= 15 is 0 Å². The van der Waals surface area contributed by atoms with Gasteiger partial charge >= 0.3 is 5.97 Å². The highest BCUT2D eigenvalue weighted by Crippen LogP contribution is 2.32. The molecule has 2 unspecified atom stereocenters. The molecule has 1 rings (SSSR count). The Kier molecular flexibility index (Phi) is 3.92. The lowest BCUT2D eigenvalue weighted by Crippen LogP contribution is -2.58. The van der Waals surface area contributed by atoms with Crippen molar-refractivity contribution in [3.05, 3.63) is 0 Å². The van der Waals surface area contributed by atoms with Crippen molar-refractivity contribution in [3.63, 3.8) is 0 Å². The first-order valence-corrected chi connectivity index (χ1v) is 6.75. The second-order valence-corrected chi connectivity index (χ2v) is 6.02. The Morgan fingerprint density at radius 3 is 2.56 bits per heavy atom. The quantitative estimate of drug-likeness (QED) is 0.658. The minimum absolute atomic E-state index is 0.212. The minimum atomic E-state index is -3.73. The maximum absolute atomic E-state index is 11.4. The van der Waals surface area contributed by atoms with Crippen LogP contribution >= 0.6 is 0 Å². The number of hydrogen-bond donors (Lipinski definition) is 3. The van der Waals surface area contributed by atoms with Crippen molar-refractivity contribution >= 4 is 16.2 Å². The zero-order valence-electron chi connectivity index (χ0n) is 9.49. The Morgan fingerprint density at radius 2 is 2.12 bits per heavy atom. The number of nitrogens with one attached hydrogen (secondary N) is 2. The van der Waals surface area contributed by atoms with Gasteiger partial charge in [0, 0.05) is 7.05 Å². The standard InChI is InChI=1S/C9H18N2O4S/c1-7-4-3-5-9(6-7,8(12)13)11-16(14,15)10-2/h7,10-11H,3-6H2,1-2H3,(H,12,13).